The SMILES string of the molecule is Cc1cc(C(=O)OCC(=O)c2ccc3c(c2)CCC3)c(C)s1. The van der Waals surface area contributed by atoms with Gasteiger partial charge in [0.1, 0.15) is 0 Å². The van der Waals surface area contributed by atoms with E-state index in [2.05, 4.69) is 0 Å². The van der Waals surface area contributed by atoms with E-state index in [1.54, 1.807) is 11.3 Å². The number of hydrogen-bond donors (Lipinski definition) is 0. The summed E-state index contributed by atoms with van der Waals surface area (Å²) >= 11 is 1.56. The molecule has 0 atom stereocenters. The lowest BCUT2D eigenvalue weighted by Gasteiger charge is -2.06. The molecule has 1 aromatic carbocycles. The highest BCUT2D eigenvalue weighted by atomic mass is 32.1. The summed E-state index contributed by atoms with van der Waals surface area (Å²) in [7, 11) is 0. The molecule has 1 aliphatic rings. The number of carbonyl (C=O) groups is 2. The average molecular weight is 314 g/mol. The van der Waals surface area contributed by atoms with Crippen LogP contribution in [0.15, 0.2) is 24.3 Å². The number of ketones is 1. The zero-order chi connectivity index (χ0) is 15.7. The van der Waals surface area contributed by atoms with Gasteiger partial charge in [0.15, 0.2) is 12.4 Å². The average Bonchev–Trinajstić information content (AvgIpc) is 3.09. The lowest BCUT2D eigenvalue weighted by Crippen LogP contribution is -2.14. The van der Waals surface area contributed by atoms with Crippen molar-refractivity contribution in [2.24, 2.45) is 0 Å². The van der Waals surface area contributed by atoms with E-state index in [9.17, 15) is 9.59 Å². The molecule has 114 valence electrons. The molecule has 1 aliphatic carbocycles. The van der Waals surface area contributed by atoms with Gasteiger partial charge >= 0.3 is 5.97 Å². The summed E-state index contributed by atoms with van der Waals surface area (Å²) in [6.45, 7) is 3.63. The first-order valence-corrected chi connectivity index (χ1v) is 8.25. The quantitative estimate of drug-likeness (QED) is 0.635. The van der Waals surface area contributed by atoms with Crippen molar-refractivity contribution in [2.45, 2.75) is 33.1 Å². The van der Waals surface area contributed by atoms with Crippen molar-refractivity contribution in [3.05, 3.63) is 56.3 Å². The van der Waals surface area contributed by atoms with E-state index in [0.717, 1.165) is 29.0 Å². The molecule has 0 saturated heterocycles. The zero-order valence-electron chi connectivity index (χ0n) is 12.8. The standard InChI is InChI=1S/C18H18O3S/c1-11-8-16(12(2)22-11)18(20)21-10-17(19)15-7-6-13-4-3-5-14(13)9-15/h6-9H,3-5,10H2,1-2H3. The maximum absolute atomic E-state index is 12.2. The molecule has 0 N–H and O–H groups in total. The first-order valence-electron chi connectivity index (χ1n) is 7.44. The maximum atomic E-state index is 12.2. The lowest BCUT2D eigenvalue weighted by atomic mass is 10.0. The molecule has 1 aromatic heterocycles. The molecule has 2 aromatic rings. The van der Waals surface area contributed by atoms with Crippen LogP contribution in [-0.2, 0) is 17.6 Å². The van der Waals surface area contributed by atoms with Gasteiger partial charge in [-0.05, 0) is 56.4 Å². The summed E-state index contributed by atoms with van der Waals surface area (Å²) in [6, 6.07) is 7.60. The highest BCUT2D eigenvalue weighted by Crippen LogP contribution is 2.23. The topological polar surface area (TPSA) is 43.4 Å². The molecule has 0 aliphatic heterocycles. The monoisotopic (exact) mass is 314 g/mol. The molecule has 0 bridgehead atoms. The number of benzene rings is 1. The second kappa shape index (κ2) is 6.05. The number of esters is 1. The van der Waals surface area contributed by atoms with Crippen molar-refractivity contribution >= 4 is 23.1 Å². The smallest absolute Gasteiger partial charge is 0.339 e. The van der Waals surface area contributed by atoms with E-state index >= 15 is 0 Å². The van der Waals surface area contributed by atoms with Crippen molar-refractivity contribution < 1.29 is 14.3 Å². The Hall–Kier alpha value is -1.94. The van der Waals surface area contributed by atoms with Gasteiger partial charge < -0.3 is 4.74 Å². The minimum Gasteiger partial charge on any atom is -0.454 e. The normalized spacial score (nSPS) is 13.0. The lowest BCUT2D eigenvalue weighted by molar-refractivity contribution is 0.0474. The van der Waals surface area contributed by atoms with Crippen molar-refractivity contribution in [3.63, 3.8) is 0 Å². The van der Waals surface area contributed by atoms with Gasteiger partial charge in [0.2, 0.25) is 0 Å². The molecule has 22 heavy (non-hydrogen) atoms. The number of hydrogen-bond acceptors (Lipinski definition) is 4. The minimum atomic E-state index is -0.420. The van der Waals surface area contributed by atoms with E-state index in [4.69, 9.17) is 4.74 Å². The third-order valence-electron chi connectivity index (χ3n) is 4.02. The van der Waals surface area contributed by atoms with E-state index in [0.29, 0.717) is 11.1 Å². The molecule has 0 amide bonds. The van der Waals surface area contributed by atoms with E-state index in [-0.39, 0.29) is 12.4 Å². The Labute approximate surface area is 133 Å². The zero-order valence-corrected chi connectivity index (χ0v) is 13.6. The largest absolute Gasteiger partial charge is 0.454 e. The van der Waals surface area contributed by atoms with E-state index in [1.165, 1.54) is 11.1 Å². The number of aryl methyl sites for hydroxylation is 4. The maximum Gasteiger partial charge on any atom is 0.339 e. The Morgan fingerprint density at radius 3 is 2.64 bits per heavy atom. The molecule has 0 saturated carbocycles. The van der Waals surface area contributed by atoms with Crippen LogP contribution >= 0.6 is 11.3 Å². The summed E-state index contributed by atoms with van der Waals surface area (Å²) in [5, 5.41) is 0. The molecule has 0 unspecified atom stereocenters. The molecule has 0 radical (unpaired) electrons. The number of ether oxygens (including phenoxy) is 1. The molecular formula is C18H18O3S. The van der Waals surface area contributed by atoms with Gasteiger partial charge in [0.25, 0.3) is 0 Å². The molecule has 0 fully saturated rings. The summed E-state index contributed by atoms with van der Waals surface area (Å²) in [6.07, 6.45) is 3.28. The molecule has 4 heteroatoms. The van der Waals surface area contributed by atoms with Gasteiger partial charge in [0, 0.05) is 15.3 Å². The predicted molar refractivity (Wildman–Crippen MR) is 86.9 cm³/mol. The Balaban J connectivity index is 1.65. The third kappa shape index (κ3) is 2.97. The van der Waals surface area contributed by atoms with Crippen LogP contribution in [0.5, 0.6) is 0 Å². The van der Waals surface area contributed by atoms with Gasteiger partial charge in [-0.15, -0.1) is 11.3 Å². The van der Waals surface area contributed by atoms with Crippen molar-refractivity contribution in [1.82, 2.24) is 0 Å². The number of Topliss-reactive ketones (excluding diaryl/α,β-unsaturated/α-hetero) is 1. The highest BCUT2D eigenvalue weighted by molar-refractivity contribution is 7.12. The fourth-order valence-corrected chi connectivity index (χ4v) is 3.78. The molecule has 3 nitrogen and oxygen atoms in total. The van der Waals surface area contributed by atoms with Crippen LogP contribution in [0.25, 0.3) is 0 Å². The second-order valence-corrected chi connectivity index (χ2v) is 7.12. The minimum absolute atomic E-state index is 0.146. The van der Waals surface area contributed by atoms with Crippen LogP contribution in [-0.4, -0.2) is 18.4 Å². The summed E-state index contributed by atoms with van der Waals surface area (Å²) in [5.74, 6) is -0.566. The second-order valence-electron chi connectivity index (χ2n) is 5.66. The van der Waals surface area contributed by atoms with Gasteiger partial charge in [-0.25, -0.2) is 4.79 Å². The Kier molecular flexibility index (Phi) is 4.12. The molecule has 0 spiro atoms. The van der Waals surface area contributed by atoms with E-state index < -0.39 is 5.97 Å². The number of thiophene rings is 1. The highest BCUT2D eigenvalue weighted by Gasteiger charge is 2.17. The number of fused-ring (bicyclic) bond motifs is 1. The van der Waals surface area contributed by atoms with Gasteiger partial charge in [-0.1, -0.05) is 12.1 Å². The summed E-state index contributed by atoms with van der Waals surface area (Å²) in [4.78, 5) is 26.2. The summed E-state index contributed by atoms with van der Waals surface area (Å²) in [5.41, 5.74) is 3.77. The van der Waals surface area contributed by atoms with Gasteiger partial charge in [-0.3, -0.25) is 4.79 Å². The van der Waals surface area contributed by atoms with Gasteiger partial charge in [0.05, 0.1) is 5.56 Å². The van der Waals surface area contributed by atoms with Gasteiger partial charge in [-0.2, -0.15) is 0 Å². The predicted octanol–water partition coefficient (Wildman–Crippen LogP) is 3.89. The number of rotatable bonds is 4. The Morgan fingerprint density at radius 1 is 1.14 bits per heavy atom. The van der Waals surface area contributed by atoms with Crippen LogP contribution in [0.2, 0.25) is 0 Å². The fourth-order valence-electron chi connectivity index (χ4n) is 2.87. The fraction of sp³-hybridized carbons (Fsp3) is 0.333. The van der Waals surface area contributed by atoms with Crippen molar-refractivity contribution in [1.29, 1.82) is 0 Å². The first-order chi connectivity index (χ1) is 10.5. The molecule has 3 rings (SSSR count). The van der Waals surface area contributed by atoms with Crippen LogP contribution in [0.3, 0.4) is 0 Å². The van der Waals surface area contributed by atoms with Crippen LogP contribution in [0.4, 0.5) is 0 Å². The third-order valence-corrected chi connectivity index (χ3v) is 4.98. The van der Waals surface area contributed by atoms with Crippen LogP contribution in [0.1, 0.15) is 48.0 Å². The Morgan fingerprint density at radius 2 is 1.91 bits per heavy atom. The van der Waals surface area contributed by atoms with E-state index in [1.807, 2.05) is 38.1 Å². The van der Waals surface area contributed by atoms with Crippen molar-refractivity contribution in [2.75, 3.05) is 6.61 Å². The van der Waals surface area contributed by atoms with Crippen molar-refractivity contribution in [3.8, 4) is 0 Å². The molecular weight excluding hydrogens is 296 g/mol. The first kappa shape index (κ1) is 15.0. The van der Waals surface area contributed by atoms with Crippen LogP contribution < -0.4 is 0 Å². The summed E-state index contributed by atoms with van der Waals surface area (Å²) < 4.78 is 5.18. The number of carbonyl (C=O) groups excluding carboxylic acids is 2. The van der Waals surface area contributed by atoms with Crippen LogP contribution in [0, 0.1) is 13.8 Å². The Bertz CT molecular complexity index is 743. The molecule has 1 heterocycles.